The van der Waals surface area contributed by atoms with Gasteiger partial charge in [-0.3, -0.25) is 0 Å². The first-order valence-electron chi connectivity index (χ1n) is 6.45. The molecule has 0 saturated carbocycles. The molecule has 0 amide bonds. The average Bonchev–Trinajstić information content (AvgIpc) is 2.93. The molecule has 0 atom stereocenters. The number of fused-ring (bicyclic) bond motifs is 1. The van der Waals surface area contributed by atoms with Crippen molar-refractivity contribution in [2.24, 2.45) is 0 Å². The first kappa shape index (κ1) is 12.9. The highest BCUT2D eigenvalue weighted by Gasteiger charge is 2.07. The minimum Gasteiger partial charge on any atom is -0.366 e. The second-order valence-corrected chi connectivity index (χ2v) is 4.80. The molecule has 5 nitrogen and oxygen atoms in total. The van der Waals surface area contributed by atoms with Crippen molar-refractivity contribution in [2.75, 3.05) is 5.32 Å². The fraction of sp³-hybridized carbons (Fsp3) is 0.214. The van der Waals surface area contributed by atoms with Crippen LogP contribution in [0, 0.1) is 0 Å². The lowest BCUT2D eigenvalue weighted by molar-refractivity contribution is 0.920. The molecule has 2 aromatic heterocycles. The fourth-order valence-corrected chi connectivity index (χ4v) is 2.35. The molecular formula is C14H14ClN5. The Morgan fingerprint density at radius 1 is 1.25 bits per heavy atom. The van der Waals surface area contributed by atoms with Gasteiger partial charge in [0.15, 0.2) is 0 Å². The summed E-state index contributed by atoms with van der Waals surface area (Å²) in [5.41, 5.74) is 2.59. The van der Waals surface area contributed by atoms with E-state index in [1.807, 2.05) is 6.07 Å². The zero-order valence-corrected chi connectivity index (χ0v) is 11.8. The second-order valence-electron chi connectivity index (χ2n) is 4.41. The van der Waals surface area contributed by atoms with E-state index in [2.05, 4.69) is 45.5 Å². The lowest BCUT2D eigenvalue weighted by atomic mass is 10.1. The van der Waals surface area contributed by atoms with E-state index in [1.165, 1.54) is 17.5 Å². The second kappa shape index (κ2) is 5.46. The summed E-state index contributed by atoms with van der Waals surface area (Å²) in [7, 11) is 0. The predicted octanol–water partition coefficient (Wildman–Crippen LogP) is 2.95. The molecule has 3 aromatic rings. The third-order valence-electron chi connectivity index (χ3n) is 3.18. The Morgan fingerprint density at radius 3 is 2.85 bits per heavy atom. The smallest absolute Gasteiger partial charge is 0.255 e. The van der Waals surface area contributed by atoms with Crippen LogP contribution >= 0.6 is 11.6 Å². The van der Waals surface area contributed by atoms with Crippen LogP contribution in [0.25, 0.3) is 5.78 Å². The van der Waals surface area contributed by atoms with Crippen molar-refractivity contribution in [3.63, 3.8) is 0 Å². The van der Waals surface area contributed by atoms with Crippen LogP contribution in [0.4, 0.5) is 5.82 Å². The number of nitrogens with one attached hydrogen (secondary N) is 1. The Balaban J connectivity index is 1.88. The highest BCUT2D eigenvalue weighted by Crippen LogP contribution is 2.17. The molecule has 0 aliphatic rings. The molecule has 1 aromatic carbocycles. The van der Waals surface area contributed by atoms with Crippen molar-refractivity contribution in [2.45, 2.75) is 19.9 Å². The minimum absolute atomic E-state index is 0.400. The Bertz CT molecular complexity index is 737. The number of hydrogen-bond acceptors (Lipinski definition) is 4. The number of anilines is 1. The number of aromatic nitrogens is 4. The molecule has 20 heavy (non-hydrogen) atoms. The number of aryl methyl sites for hydroxylation is 1. The molecule has 0 aliphatic heterocycles. The topological polar surface area (TPSA) is 55.1 Å². The van der Waals surface area contributed by atoms with Gasteiger partial charge in [0.05, 0.1) is 0 Å². The maximum Gasteiger partial charge on any atom is 0.255 e. The SMILES string of the molecule is CCc1ccccc1CNc1cc(Cl)nc2ncnn12. The van der Waals surface area contributed by atoms with Crippen LogP contribution in [0.5, 0.6) is 0 Å². The largest absolute Gasteiger partial charge is 0.366 e. The zero-order chi connectivity index (χ0) is 13.9. The van der Waals surface area contributed by atoms with Crippen LogP contribution in [0.2, 0.25) is 5.15 Å². The van der Waals surface area contributed by atoms with Crippen LogP contribution in [0.1, 0.15) is 18.1 Å². The van der Waals surface area contributed by atoms with E-state index in [9.17, 15) is 0 Å². The molecule has 0 aliphatic carbocycles. The minimum atomic E-state index is 0.400. The molecule has 6 heteroatoms. The van der Waals surface area contributed by atoms with Gasteiger partial charge in [-0.1, -0.05) is 42.8 Å². The van der Waals surface area contributed by atoms with Gasteiger partial charge in [-0.25, -0.2) is 0 Å². The van der Waals surface area contributed by atoms with Crippen LogP contribution in [0.3, 0.4) is 0 Å². The van der Waals surface area contributed by atoms with Crippen molar-refractivity contribution in [3.05, 3.63) is 52.9 Å². The summed E-state index contributed by atoms with van der Waals surface area (Å²) >= 11 is 5.99. The van der Waals surface area contributed by atoms with Crippen molar-refractivity contribution in [1.82, 2.24) is 19.6 Å². The van der Waals surface area contributed by atoms with Crippen molar-refractivity contribution in [1.29, 1.82) is 0 Å². The summed E-state index contributed by atoms with van der Waals surface area (Å²) in [5.74, 6) is 1.27. The Hall–Kier alpha value is -2.14. The Labute approximate surface area is 121 Å². The molecule has 0 fully saturated rings. The molecule has 0 spiro atoms. The van der Waals surface area contributed by atoms with Gasteiger partial charge in [0.2, 0.25) is 0 Å². The molecule has 102 valence electrons. The monoisotopic (exact) mass is 287 g/mol. The molecule has 1 N–H and O–H groups in total. The molecular weight excluding hydrogens is 274 g/mol. The first-order valence-corrected chi connectivity index (χ1v) is 6.82. The van der Waals surface area contributed by atoms with Crippen LogP contribution in [0.15, 0.2) is 36.7 Å². The van der Waals surface area contributed by atoms with Gasteiger partial charge >= 0.3 is 0 Å². The number of rotatable bonds is 4. The van der Waals surface area contributed by atoms with E-state index >= 15 is 0 Å². The van der Waals surface area contributed by atoms with Gasteiger partial charge < -0.3 is 5.32 Å². The molecule has 2 heterocycles. The normalized spacial score (nSPS) is 10.9. The molecule has 0 bridgehead atoms. The summed E-state index contributed by atoms with van der Waals surface area (Å²) in [6, 6.07) is 10.1. The van der Waals surface area contributed by atoms with E-state index in [1.54, 1.807) is 10.6 Å². The number of benzene rings is 1. The number of halogens is 1. The van der Waals surface area contributed by atoms with Crippen molar-refractivity contribution in [3.8, 4) is 0 Å². The van der Waals surface area contributed by atoms with E-state index in [-0.39, 0.29) is 0 Å². The lowest BCUT2D eigenvalue weighted by Crippen LogP contribution is -2.07. The summed E-state index contributed by atoms with van der Waals surface area (Å²) in [5, 5.41) is 7.88. The van der Waals surface area contributed by atoms with E-state index < -0.39 is 0 Å². The van der Waals surface area contributed by atoms with Crippen molar-refractivity contribution < 1.29 is 0 Å². The Morgan fingerprint density at radius 2 is 2.05 bits per heavy atom. The third-order valence-corrected chi connectivity index (χ3v) is 3.37. The van der Waals surface area contributed by atoms with Crippen LogP contribution in [-0.4, -0.2) is 19.6 Å². The van der Waals surface area contributed by atoms with E-state index in [4.69, 9.17) is 11.6 Å². The number of hydrogen-bond donors (Lipinski definition) is 1. The summed E-state index contributed by atoms with van der Waals surface area (Å²) in [6.45, 7) is 2.86. The molecule has 3 rings (SSSR count). The average molecular weight is 288 g/mol. The maximum absolute atomic E-state index is 5.99. The van der Waals surface area contributed by atoms with Gasteiger partial charge in [0.25, 0.3) is 5.78 Å². The van der Waals surface area contributed by atoms with Crippen molar-refractivity contribution >= 4 is 23.2 Å². The summed E-state index contributed by atoms with van der Waals surface area (Å²) in [6.07, 6.45) is 2.47. The molecule has 0 radical (unpaired) electrons. The third kappa shape index (κ3) is 2.44. The highest BCUT2D eigenvalue weighted by molar-refractivity contribution is 6.29. The van der Waals surface area contributed by atoms with Crippen LogP contribution in [-0.2, 0) is 13.0 Å². The maximum atomic E-state index is 5.99. The standard InChI is InChI=1S/C14H14ClN5/c1-2-10-5-3-4-6-11(10)8-16-13-7-12(15)19-14-17-9-18-20(13)14/h3-7,9,16H,2,8H2,1H3. The van der Waals surface area contributed by atoms with Crippen LogP contribution < -0.4 is 5.32 Å². The highest BCUT2D eigenvalue weighted by atomic mass is 35.5. The molecule has 0 unspecified atom stereocenters. The predicted molar refractivity (Wildman–Crippen MR) is 78.9 cm³/mol. The van der Waals surface area contributed by atoms with Gasteiger partial charge in [-0.05, 0) is 17.5 Å². The summed E-state index contributed by atoms with van der Waals surface area (Å²) in [4.78, 5) is 8.15. The molecule has 0 saturated heterocycles. The number of nitrogens with zero attached hydrogens (tertiary/aromatic N) is 4. The van der Waals surface area contributed by atoms with E-state index in [0.717, 1.165) is 12.2 Å². The van der Waals surface area contributed by atoms with Gasteiger partial charge in [0, 0.05) is 12.6 Å². The van der Waals surface area contributed by atoms with E-state index in [0.29, 0.717) is 17.5 Å². The first-order chi connectivity index (χ1) is 9.78. The lowest BCUT2D eigenvalue weighted by Gasteiger charge is -2.11. The van der Waals surface area contributed by atoms with Gasteiger partial charge in [0.1, 0.15) is 17.3 Å². The summed E-state index contributed by atoms with van der Waals surface area (Å²) < 4.78 is 1.64. The van der Waals surface area contributed by atoms with Gasteiger partial charge in [-0.2, -0.15) is 19.6 Å². The quantitative estimate of drug-likeness (QED) is 0.750. The fourth-order valence-electron chi connectivity index (χ4n) is 2.17. The Kier molecular flexibility index (Phi) is 3.52. The van der Waals surface area contributed by atoms with Gasteiger partial charge in [-0.15, -0.1) is 0 Å². The zero-order valence-electron chi connectivity index (χ0n) is 11.0.